The molecule has 0 fully saturated rings. The van der Waals surface area contributed by atoms with E-state index in [9.17, 15) is 16.8 Å². The summed E-state index contributed by atoms with van der Waals surface area (Å²) >= 11 is 0. The van der Waals surface area contributed by atoms with Crippen LogP contribution in [0, 0.1) is 0 Å². The molecule has 0 unspecified atom stereocenters. The Balaban J connectivity index is 3.11. The summed E-state index contributed by atoms with van der Waals surface area (Å²) in [6.45, 7) is 0. The highest BCUT2D eigenvalue weighted by Crippen LogP contribution is 2.31. The summed E-state index contributed by atoms with van der Waals surface area (Å²) in [5.74, 6) is 0. The molecule has 0 saturated carbocycles. The van der Waals surface area contributed by atoms with Crippen LogP contribution in [0.1, 0.15) is 0 Å². The number of benzene rings is 1. The summed E-state index contributed by atoms with van der Waals surface area (Å²) < 4.78 is 49.6. The Labute approximate surface area is 94.8 Å². The molecule has 0 radical (unpaired) electrons. The Kier molecular flexibility index (Phi) is 3.44. The molecule has 0 aromatic heterocycles. The van der Waals surface area contributed by atoms with Gasteiger partial charge in [-0.1, -0.05) is 18.2 Å². The van der Waals surface area contributed by atoms with Gasteiger partial charge in [0, 0.05) is 11.9 Å². The number of sulfonamides is 2. The van der Waals surface area contributed by atoms with Crippen LogP contribution in [0.15, 0.2) is 24.3 Å². The minimum absolute atomic E-state index is 0.0652. The zero-order valence-electron chi connectivity index (χ0n) is 8.71. The zero-order chi connectivity index (χ0) is 12.4. The second kappa shape index (κ2) is 4.30. The highest BCUT2D eigenvalue weighted by atomic mass is 32.2. The second-order valence-corrected chi connectivity index (χ2v) is 6.61. The normalized spacial score (nSPS) is 12.1. The average Bonchev–Trinajstić information content (AvgIpc) is 2.03. The summed E-state index contributed by atoms with van der Waals surface area (Å²) in [7, 11) is -7.03. The van der Waals surface area contributed by atoms with Crippen molar-refractivity contribution in [2.75, 3.05) is 17.2 Å². The third kappa shape index (κ3) is 4.49. The first kappa shape index (κ1) is 12.8. The van der Waals surface area contributed by atoms with E-state index in [0.29, 0.717) is 0 Å². The fourth-order valence-electron chi connectivity index (χ4n) is 1.02. The molecule has 0 aliphatic carbocycles. The molecule has 0 aliphatic rings. The van der Waals surface area contributed by atoms with Crippen molar-refractivity contribution in [3.05, 3.63) is 29.0 Å². The minimum atomic E-state index is -3.57. The Morgan fingerprint density at radius 2 is 1.62 bits per heavy atom. The number of hydrogen-bond donors (Lipinski definition) is 1. The standard InChI is InChI=1S/C8H11N2O4S2/c1-15(11,12)9-7-5-3-4-6-8(7)10-16(2,13)14/h3-6,9H,1-2H3/q-1. The predicted octanol–water partition coefficient (Wildman–Crippen LogP) is 1.02. The molecule has 16 heavy (non-hydrogen) atoms. The molecular weight excluding hydrogens is 252 g/mol. The highest BCUT2D eigenvalue weighted by Gasteiger charge is 2.03. The van der Waals surface area contributed by atoms with Crippen LogP contribution in [0.25, 0.3) is 4.72 Å². The second-order valence-electron chi connectivity index (χ2n) is 3.22. The summed E-state index contributed by atoms with van der Waals surface area (Å²) in [5, 5.41) is 0. The van der Waals surface area contributed by atoms with Gasteiger partial charge in [-0.05, 0) is 6.07 Å². The Morgan fingerprint density at radius 1 is 1.06 bits per heavy atom. The van der Waals surface area contributed by atoms with Gasteiger partial charge in [0.1, 0.15) is 0 Å². The molecule has 0 spiro atoms. The van der Waals surface area contributed by atoms with Gasteiger partial charge in [-0.25, -0.2) is 16.8 Å². The summed E-state index contributed by atoms with van der Waals surface area (Å²) in [6, 6.07) is 5.99. The molecule has 0 amide bonds. The first-order chi connectivity index (χ1) is 7.17. The van der Waals surface area contributed by atoms with E-state index in [2.05, 4.69) is 9.44 Å². The number of nitrogens with one attached hydrogen (secondary N) is 1. The van der Waals surface area contributed by atoms with Crippen LogP contribution < -0.4 is 4.72 Å². The lowest BCUT2D eigenvalue weighted by atomic mass is 10.3. The molecule has 1 aromatic rings. The van der Waals surface area contributed by atoms with Gasteiger partial charge >= 0.3 is 0 Å². The van der Waals surface area contributed by atoms with Gasteiger partial charge in [0.05, 0.1) is 16.3 Å². The molecule has 0 saturated heterocycles. The number of hydrogen-bond acceptors (Lipinski definition) is 4. The van der Waals surface area contributed by atoms with Crippen LogP contribution >= 0.6 is 0 Å². The van der Waals surface area contributed by atoms with Gasteiger partial charge < -0.3 is 4.72 Å². The number of anilines is 1. The number of rotatable bonds is 4. The first-order valence-corrected chi connectivity index (χ1v) is 7.91. The van der Waals surface area contributed by atoms with Crippen molar-refractivity contribution in [2.45, 2.75) is 0 Å². The predicted molar refractivity (Wildman–Crippen MR) is 62.8 cm³/mol. The fourth-order valence-corrected chi connectivity index (χ4v) is 2.11. The molecule has 1 aromatic carbocycles. The molecule has 1 rings (SSSR count). The van der Waals surface area contributed by atoms with Crippen LogP contribution in [-0.2, 0) is 20.0 Å². The van der Waals surface area contributed by atoms with Crippen LogP contribution in [0.3, 0.4) is 0 Å². The Bertz CT molecular complexity index is 525. The molecular formula is C8H11N2O4S2-. The lowest BCUT2D eigenvalue weighted by molar-refractivity contribution is 0.605. The summed E-state index contributed by atoms with van der Waals surface area (Å²) in [5.41, 5.74) is 0.200. The molecule has 0 bridgehead atoms. The number of nitrogens with zero attached hydrogens (tertiary/aromatic N) is 1. The van der Waals surface area contributed by atoms with Crippen molar-refractivity contribution in [1.82, 2.24) is 0 Å². The van der Waals surface area contributed by atoms with Crippen molar-refractivity contribution in [3.63, 3.8) is 0 Å². The zero-order valence-corrected chi connectivity index (χ0v) is 10.3. The highest BCUT2D eigenvalue weighted by molar-refractivity contribution is 7.93. The molecule has 0 aliphatic heterocycles. The van der Waals surface area contributed by atoms with Crippen molar-refractivity contribution in [3.8, 4) is 0 Å². The monoisotopic (exact) mass is 263 g/mol. The van der Waals surface area contributed by atoms with E-state index < -0.39 is 20.0 Å². The van der Waals surface area contributed by atoms with Gasteiger partial charge in [-0.15, -0.1) is 5.69 Å². The first-order valence-electron chi connectivity index (χ1n) is 4.17. The van der Waals surface area contributed by atoms with E-state index in [0.717, 1.165) is 12.5 Å². The minimum Gasteiger partial charge on any atom is -0.575 e. The Morgan fingerprint density at radius 3 is 2.12 bits per heavy atom. The lowest BCUT2D eigenvalue weighted by Crippen LogP contribution is -2.10. The lowest BCUT2D eigenvalue weighted by Gasteiger charge is -2.22. The average molecular weight is 263 g/mol. The van der Waals surface area contributed by atoms with E-state index in [4.69, 9.17) is 0 Å². The third-order valence-corrected chi connectivity index (χ3v) is 2.58. The molecule has 0 heterocycles. The van der Waals surface area contributed by atoms with E-state index in [1.807, 2.05) is 0 Å². The van der Waals surface area contributed by atoms with Crippen molar-refractivity contribution >= 4 is 31.4 Å². The van der Waals surface area contributed by atoms with E-state index >= 15 is 0 Å². The van der Waals surface area contributed by atoms with Gasteiger partial charge in [-0.2, -0.15) is 0 Å². The van der Waals surface area contributed by atoms with Gasteiger partial charge in [0.25, 0.3) is 0 Å². The maximum absolute atomic E-state index is 11.0. The van der Waals surface area contributed by atoms with Gasteiger partial charge in [0.15, 0.2) is 0 Å². The molecule has 8 heteroatoms. The van der Waals surface area contributed by atoms with Crippen molar-refractivity contribution in [2.24, 2.45) is 0 Å². The van der Waals surface area contributed by atoms with E-state index in [1.54, 1.807) is 12.1 Å². The largest absolute Gasteiger partial charge is 0.575 e. The maximum Gasteiger partial charge on any atom is 0.229 e. The molecule has 6 nitrogen and oxygen atoms in total. The Hall–Kier alpha value is -1.28. The summed E-state index contributed by atoms with van der Waals surface area (Å²) in [4.78, 5) is 0. The topological polar surface area (TPSA) is 94.4 Å². The maximum atomic E-state index is 11.0. The van der Waals surface area contributed by atoms with Crippen LogP contribution in [0.2, 0.25) is 0 Å². The third-order valence-electron chi connectivity index (χ3n) is 1.46. The van der Waals surface area contributed by atoms with Crippen LogP contribution in [-0.4, -0.2) is 29.3 Å². The van der Waals surface area contributed by atoms with E-state index in [-0.39, 0.29) is 11.4 Å². The smallest absolute Gasteiger partial charge is 0.229 e. The molecule has 0 atom stereocenters. The fraction of sp³-hybridized carbons (Fsp3) is 0.250. The van der Waals surface area contributed by atoms with Crippen molar-refractivity contribution in [1.29, 1.82) is 0 Å². The molecule has 90 valence electrons. The van der Waals surface area contributed by atoms with Gasteiger partial charge in [0.2, 0.25) is 10.0 Å². The van der Waals surface area contributed by atoms with E-state index in [1.165, 1.54) is 12.1 Å². The van der Waals surface area contributed by atoms with Crippen molar-refractivity contribution < 1.29 is 16.8 Å². The van der Waals surface area contributed by atoms with Crippen LogP contribution in [0.4, 0.5) is 11.4 Å². The van der Waals surface area contributed by atoms with Gasteiger partial charge in [-0.3, -0.25) is 4.72 Å². The summed E-state index contributed by atoms with van der Waals surface area (Å²) in [6.07, 6.45) is 1.91. The molecule has 1 N–H and O–H groups in total. The van der Waals surface area contributed by atoms with Crippen LogP contribution in [0.5, 0.6) is 0 Å². The quantitative estimate of drug-likeness (QED) is 0.877. The SMILES string of the molecule is CS(=O)(=O)[N-]c1ccccc1NS(C)(=O)=O. The number of para-hydroxylation sites is 1.